The van der Waals surface area contributed by atoms with Gasteiger partial charge in [-0.05, 0) is 42.8 Å². The van der Waals surface area contributed by atoms with Gasteiger partial charge in [-0.15, -0.1) is 0 Å². The van der Waals surface area contributed by atoms with Crippen molar-refractivity contribution in [3.63, 3.8) is 0 Å². The predicted molar refractivity (Wildman–Crippen MR) is 124 cm³/mol. The first-order chi connectivity index (χ1) is 15.2. The Bertz CT molecular complexity index is 1200. The molecule has 0 bridgehead atoms. The molecule has 2 aromatic heterocycles. The van der Waals surface area contributed by atoms with Crippen molar-refractivity contribution in [3.05, 3.63) is 65.9 Å². The minimum atomic E-state index is -0.480. The first-order valence-electron chi connectivity index (χ1n) is 9.96. The second-order valence-electron chi connectivity index (χ2n) is 7.24. The van der Waals surface area contributed by atoms with Crippen molar-refractivity contribution in [2.45, 2.75) is 29.5 Å². The average Bonchev–Trinajstić information content (AvgIpc) is 3.37. The summed E-state index contributed by atoms with van der Waals surface area (Å²) in [5.41, 5.74) is 8.37. The zero-order valence-corrected chi connectivity index (χ0v) is 18.2. The van der Waals surface area contributed by atoms with Gasteiger partial charge in [0.15, 0.2) is 15.9 Å². The van der Waals surface area contributed by atoms with Gasteiger partial charge in [-0.2, -0.15) is 0 Å². The zero-order chi connectivity index (χ0) is 21.2. The van der Waals surface area contributed by atoms with Crippen molar-refractivity contribution in [1.82, 2.24) is 20.3 Å². The summed E-state index contributed by atoms with van der Waals surface area (Å²) in [6, 6.07) is 17.5. The number of nitrogen functional groups attached to an aromatic ring is 1. The lowest BCUT2D eigenvalue weighted by Crippen LogP contribution is -2.22. The van der Waals surface area contributed by atoms with Crippen molar-refractivity contribution in [3.8, 4) is 11.5 Å². The summed E-state index contributed by atoms with van der Waals surface area (Å²) >= 11 is 2.88. The van der Waals surface area contributed by atoms with Crippen LogP contribution in [-0.2, 0) is 5.75 Å². The van der Waals surface area contributed by atoms with Crippen LogP contribution in [0.5, 0.6) is 11.5 Å². The molecule has 7 nitrogen and oxygen atoms in total. The van der Waals surface area contributed by atoms with Gasteiger partial charge in [-0.25, -0.2) is 15.0 Å². The highest BCUT2D eigenvalue weighted by Gasteiger charge is 2.30. The smallest absolute Gasteiger partial charge is 0.190 e. The lowest BCUT2D eigenvalue weighted by atomic mass is 10.1. The third-order valence-corrected chi connectivity index (χ3v) is 6.82. The van der Waals surface area contributed by atoms with E-state index in [9.17, 15) is 5.11 Å². The summed E-state index contributed by atoms with van der Waals surface area (Å²) in [4.78, 5) is 13.7. The number of hydrogen-bond acceptors (Lipinski definition) is 9. The molecule has 2 unspecified atom stereocenters. The summed E-state index contributed by atoms with van der Waals surface area (Å²) in [6.45, 7) is 0.752. The highest BCUT2D eigenvalue weighted by molar-refractivity contribution is 7.98. The number of thiazole rings is 1. The molecule has 5 rings (SSSR count). The van der Waals surface area contributed by atoms with E-state index in [4.69, 9.17) is 15.5 Å². The molecule has 1 fully saturated rings. The van der Waals surface area contributed by atoms with Gasteiger partial charge in [-0.1, -0.05) is 53.4 Å². The number of aliphatic hydroxyl groups excluding tert-OH is 1. The van der Waals surface area contributed by atoms with Crippen molar-refractivity contribution in [2.24, 2.45) is 0 Å². The van der Waals surface area contributed by atoms with Crippen LogP contribution < -0.4 is 15.8 Å². The predicted octanol–water partition coefficient (Wildman–Crippen LogP) is 4.15. The number of fused-ring (bicyclic) bond motifs is 1. The maximum absolute atomic E-state index is 10.4. The molecular weight excluding hydrogens is 430 g/mol. The highest BCUT2D eigenvalue weighted by Crippen LogP contribution is 2.34. The minimum Gasteiger partial charge on any atom is -0.457 e. The fourth-order valence-corrected chi connectivity index (χ4v) is 5.15. The van der Waals surface area contributed by atoms with Gasteiger partial charge in [0, 0.05) is 5.75 Å². The molecule has 2 aromatic carbocycles. The summed E-state index contributed by atoms with van der Waals surface area (Å²) in [5, 5.41) is 14.8. The number of benzene rings is 2. The van der Waals surface area contributed by atoms with Crippen LogP contribution in [0.25, 0.3) is 10.3 Å². The van der Waals surface area contributed by atoms with E-state index < -0.39 is 6.10 Å². The van der Waals surface area contributed by atoms with Gasteiger partial charge in [-0.3, -0.25) is 0 Å². The van der Waals surface area contributed by atoms with Crippen LogP contribution in [0.1, 0.15) is 23.7 Å². The van der Waals surface area contributed by atoms with Crippen LogP contribution in [-0.4, -0.2) is 32.7 Å². The summed E-state index contributed by atoms with van der Waals surface area (Å²) in [6.07, 6.45) is 0.215. The molecule has 4 aromatic rings. The van der Waals surface area contributed by atoms with Crippen LogP contribution in [0.3, 0.4) is 0 Å². The van der Waals surface area contributed by atoms with Gasteiger partial charge in [0.2, 0.25) is 0 Å². The SMILES string of the molecule is Nc1nc2nc(SCc3cccc(Oc4ccccc4)c3)nc(C3NCCC3O)c2s1. The Balaban J connectivity index is 1.37. The first-order valence-corrected chi connectivity index (χ1v) is 11.8. The molecule has 0 saturated carbocycles. The van der Waals surface area contributed by atoms with E-state index in [0.717, 1.165) is 34.0 Å². The van der Waals surface area contributed by atoms with Gasteiger partial charge in [0.05, 0.1) is 22.5 Å². The molecule has 1 aliphatic rings. The molecule has 4 N–H and O–H groups in total. The number of thioether (sulfide) groups is 1. The standard InChI is InChI=1S/C22H21N5O2S2/c23-21-26-20-19(31-21)18(17-16(28)9-10-24-17)25-22(27-20)30-12-13-5-4-8-15(11-13)29-14-6-2-1-3-7-14/h1-8,11,16-17,24,28H,9-10,12H2,(H2,23,25,26,27). The maximum Gasteiger partial charge on any atom is 0.190 e. The van der Waals surface area contributed by atoms with Crippen LogP contribution in [0.4, 0.5) is 5.13 Å². The molecule has 0 amide bonds. The second kappa shape index (κ2) is 8.80. The normalized spacial score (nSPS) is 18.5. The van der Waals surface area contributed by atoms with Gasteiger partial charge >= 0.3 is 0 Å². The second-order valence-corrected chi connectivity index (χ2v) is 9.21. The topological polar surface area (TPSA) is 106 Å². The number of para-hydroxylation sites is 1. The van der Waals surface area contributed by atoms with E-state index in [0.29, 0.717) is 28.1 Å². The van der Waals surface area contributed by atoms with Crippen LogP contribution in [0.15, 0.2) is 59.8 Å². The van der Waals surface area contributed by atoms with Crippen molar-refractivity contribution in [1.29, 1.82) is 0 Å². The molecular formula is C22H21N5O2S2. The van der Waals surface area contributed by atoms with Crippen molar-refractivity contribution < 1.29 is 9.84 Å². The lowest BCUT2D eigenvalue weighted by molar-refractivity contribution is 0.159. The molecule has 1 saturated heterocycles. The number of nitrogens with zero attached hydrogens (tertiary/aromatic N) is 3. The quantitative estimate of drug-likeness (QED) is 0.297. The Morgan fingerprint density at radius 2 is 1.94 bits per heavy atom. The van der Waals surface area contributed by atoms with E-state index in [1.165, 1.54) is 23.1 Å². The van der Waals surface area contributed by atoms with Crippen LogP contribution in [0.2, 0.25) is 0 Å². The molecule has 0 spiro atoms. The van der Waals surface area contributed by atoms with Gasteiger partial charge in [0.25, 0.3) is 0 Å². The number of ether oxygens (including phenoxy) is 1. The van der Waals surface area contributed by atoms with Crippen molar-refractivity contribution >= 4 is 38.6 Å². The van der Waals surface area contributed by atoms with E-state index in [2.05, 4.69) is 15.3 Å². The van der Waals surface area contributed by atoms with Gasteiger partial charge in [0.1, 0.15) is 11.5 Å². The monoisotopic (exact) mass is 451 g/mol. The van der Waals surface area contributed by atoms with Crippen LogP contribution in [0, 0.1) is 0 Å². The van der Waals surface area contributed by atoms with Gasteiger partial charge < -0.3 is 20.9 Å². The number of aromatic nitrogens is 3. The molecule has 0 aliphatic carbocycles. The third-order valence-electron chi connectivity index (χ3n) is 5.01. The first kappa shape index (κ1) is 20.2. The molecule has 158 valence electrons. The maximum atomic E-state index is 10.4. The van der Waals surface area contributed by atoms with E-state index in [1.807, 2.05) is 54.6 Å². The summed E-state index contributed by atoms with van der Waals surface area (Å²) < 4.78 is 6.76. The summed E-state index contributed by atoms with van der Waals surface area (Å²) in [5.74, 6) is 2.26. The van der Waals surface area contributed by atoms with E-state index in [-0.39, 0.29) is 6.04 Å². The largest absolute Gasteiger partial charge is 0.457 e. The molecule has 9 heteroatoms. The Morgan fingerprint density at radius 3 is 2.74 bits per heavy atom. The average molecular weight is 452 g/mol. The number of nitrogens with two attached hydrogens (primary N) is 1. The Kier molecular flexibility index (Phi) is 5.73. The molecule has 1 aliphatic heterocycles. The number of nitrogens with one attached hydrogen (secondary N) is 1. The Labute approximate surface area is 187 Å². The number of aliphatic hydroxyl groups is 1. The Morgan fingerprint density at radius 1 is 1.10 bits per heavy atom. The number of rotatable bonds is 6. The lowest BCUT2D eigenvalue weighted by Gasteiger charge is -2.15. The fourth-order valence-electron chi connectivity index (χ4n) is 3.56. The number of anilines is 1. The highest BCUT2D eigenvalue weighted by atomic mass is 32.2. The van der Waals surface area contributed by atoms with E-state index >= 15 is 0 Å². The minimum absolute atomic E-state index is 0.229. The molecule has 2 atom stereocenters. The van der Waals surface area contributed by atoms with Crippen molar-refractivity contribution in [2.75, 3.05) is 12.3 Å². The molecule has 31 heavy (non-hydrogen) atoms. The molecule has 0 radical (unpaired) electrons. The van der Waals surface area contributed by atoms with Crippen LogP contribution >= 0.6 is 23.1 Å². The fraction of sp³-hybridized carbons (Fsp3) is 0.227. The summed E-state index contributed by atoms with van der Waals surface area (Å²) in [7, 11) is 0. The Hall–Kier alpha value is -2.72. The zero-order valence-electron chi connectivity index (χ0n) is 16.6. The van der Waals surface area contributed by atoms with E-state index in [1.54, 1.807) is 0 Å². The number of hydrogen-bond donors (Lipinski definition) is 3. The third kappa shape index (κ3) is 4.49. The molecule has 3 heterocycles.